The number of rotatable bonds is 7. The number of amides is 2. The summed E-state index contributed by atoms with van der Waals surface area (Å²) in [5.74, 6) is -0.661. The maximum absolute atomic E-state index is 12.2. The number of benzene rings is 1. The predicted molar refractivity (Wildman–Crippen MR) is 91.4 cm³/mol. The fraction of sp³-hybridized carbons (Fsp3) is 0.312. The van der Waals surface area contributed by atoms with Gasteiger partial charge in [-0.15, -0.1) is 0 Å². The van der Waals surface area contributed by atoms with Crippen LogP contribution in [0.1, 0.15) is 45.5 Å². The van der Waals surface area contributed by atoms with Gasteiger partial charge in [0, 0.05) is 13.1 Å². The van der Waals surface area contributed by atoms with Crippen molar-refractivity contribution in [3.63, 3.8) is 0 Å². The summed E-state index contributed by atoms with van der Waals surface area (Å²) >= 11 is 0.944. The van der Waals surface area contributed by atoms with E-state index < -0.39 is 0 Å². The molecule has 7 heteroatoms. The van der Waals surface area contributed by atoms with Crippen LogP contribution in [-0.2, 0) is 6.54 Å². The van der Waals surface area contributed by atoms with E-state index in [9.17, 15) is 9.59 Å². The number of aromatic nitrogens is 1. The zero-order chi connectivity index (χ0) is 16.7. The van der Waals surface area contributed by atoms with E-state index in [0.29, 0.717) is 13.1 Å². The third kappa shape index (κ3) is 4.53. The molecule has 0 spiro atoms. The summed E-state index contributed by atoms with van der Waals surface area (Å²) < 4.78 is 4.02. The zero-order valence-corrected chi connectivity index (χ0v) is 13.8. The lowest BCUT2D eigenvalue weighted by Crippen LogP contribution is -2.26. The molecule has 0 bridgehead atoms. The van der Waals surface area contributed by atoms with Crippen molar-refractivity contribution in [2.45, 2.75) is 26.3 Å². The van der Waals surface area contributed by atoms with Gasteiger partial charge in [0.25, 0.3) is 11.8 Å². The summed E-state index contributed by atoms with van der Waals surface area (Å²) in [6, 6.07) is 9.54. The molecule has 2 rings (SSSR count). The third-order valence-electron chi connectivity index (χ3n) is 3.26. The van der Waals surface area contributed by atoms with Gasteiger partial charge in [-0.05, 0) is 23.5 Å². The molecule has 6 nitrogen and oxygen atoms in total. The molecule has 1 heterocycles. The summed E-state index contributed by atoms with van der Waals surface area (Å²) in [5.41, 5.74) is 7.12. The molecule has 2 amide bonds. The topological polar surface area (TPSA) is 97.1 Å². The molecule has 23 heavy (non-hydrogen) atoms. The van der Waals surface area contributed by atoms with Gasteiger partial charge in [-0.1, -0.05) is 43.7 Å². The van der Waals surface area contributed by atoms with Crippen molar-refractivity contribution in [1.82, 2.24) is 15.0 Å². The molecule has 0 aliphatic carbocycles. The summed E-state index contributed by atoms with van der Waals surface area (Å²) in [6.07, 6.45) is 1.89. The first-order valence-corrected chi connectivity index (χ1v) is 8.26. The molecule has 1 aromatic heterocycles. The zero-order valence-electron chi connectivity index (χ0n) is 13.0. The molecular formula is C16H20N4O2S. The van der Waals surface area contributed by atoms with Crippen LogP contribution in [0, 0.1) is 0 Å². The SMILES string of the molecule is CCCCNC(=O)c1snc(C(=O)NCc2ccccc2)c1N. The van der Waals surface area contributed by atoms with Gasteiger partial charge >= 0.3 is 0 Å². The molecule has 2 aromatic rings. The van der Waals surface area contributed by atoms with E-state index in [2.05, 4.69) is 15.0 Å². The molecule has 0 unspecified atom stereocenters. The molecule has 122 valence electrons. The van der Waals surface area contributed by atoms with E-state index in [1.807, 2.05) is 37.3 Å². The Morgan fingerprint density at radius 3 is 2.61 bits per heavy atom. The van der Waals surface area contributed by atoms with E-state index in [4.69, 9.17) is 5.73 Å². The highest BCUT2D eigenvalue weighted by Crippen LogP contribution is 2.21. The molecule has 0 aliphatic heterocycles. The molecule has 0 saturated heterocycles. The second-order valence-corrected chi connectivity index (χ2v) is 5.83. The van der Waals surface area contributed by atoms with Gasteiger partial charge < -0.3 is 16.4 Å². The Balaban J connectivity index is 1.97. The quantitative estimate of drug-likeness (QED) is 0.677. The lowest BCUT2D eigenvalue weighted by molar-refractivity contribution is 0.0947. The minimum Gasteiger partial charge on any atom is -0.395 e. The van der Waals surface area contributed by atoms with Crippen molar-refractivity contribution in [2.24, 2.45) is 0 Å². The Kier molecular flexibility index (Phi) is 6.10. The van der Waals surface area contributed by atoms with Gasteiger partial charge in [0.05, 0.1) is 5.69 Å². The van der Waals surface area contributed by atoms with Gasteiger partial charge in [0.2, 0.25) is 0 Å². The lowest BCUT2D eigenvalue weighted by Gasteiger charge is -2.05. The Bertz CT molecular complexity index is 670. The molecule has 0 aliphatic rings. The van der Waals surface area contributed by atoms with Gasteiger partial charge in [0.15, 0.2) is 5.69 Å². The van der Waals surface area contributed by atoms with Crippen molar-refractivity contribution in [3.05, 3.63) is 46.5 Å². The minimum atomic E-state index is -0.379. The highest BCUT2D eigenvalue weighted by Gasteiger charge is 2.21. The Labute approximate surface area is 139 Å². The molecule has 1 aromatic carbocycles. The number of anilines is 1. The monoisotopic (exact) mass is 332 g/mol. The van der Waals surface area contributed by atoms with Crippen LogP contribution in [0.4, 0.5) is 5.69 Å². The smallest absolute Gasteiger partial charge is 0.273 e. The molecule has 0 radical (unpaired) electrons. The van der Waals surface area contributed by atoms with Crippen LogP contribution in [0.2, 0.25) is 0 Å². The van der Waals surface area contributed by atoms with Crippen LogP contribution in [0.3, 0.4) is 0 Å². The van der Waals surface area contributed by atoms with Crippen molar-refractivity contribution in [2.75, 3.05) is 12.3 Å². The van der Waals surface area contributed by atoms with Gasteiger partial charge in [-0.25, -0.2) is 0 Å². The highest BCUT2D eigenvalue weighted by molar-refractivity contribution is 7.09. The number of hydrogen-bond acceptors (Lipinski definition) is 5. The van der Waals surface area contributed by atoms with Gasteiger partial charge in [-0.3, -0.25) is 9.59 Å². The van der Waals surface area contributed by atoms with Crippen LogP contribution in [0.15, 0.2) is 30.3 Å². The average Bonchev–Trinajstić information content (AvgIpc) is 2.95. The number of hydrogen-bond donors (Lipinski definition) is 3. The van der Waals surface area contributed by atoms with E-state index in [1.165, 1.54) is 0 Å². The van der Waals surface area contributed by atoms with Gasteiger partial charge in [-0.2, -0.15) is 4.37 Å². The summed E-state index contributed by atoms with van der Waals surface area (Å²) in [5, 5.41) is 5.52. The number of nitrogens with two attached hydrogens (primary N) is 1. The number of carbonyl (C=O) groups is 2. The maximum Gasteiger partial charge on any atom is 0.273 e. The predicted octanol–water partition coefficient (Wildman–Crippen LogP) is 2.19. The first kappa shape index (κ1) is 17.0. The standard InChI is InChI=1S/C16H20N4O2S/c1-2-3-9-18-16(22)14-12(17)13(20-23-14)15(21)19-10-11-7-5-4-6-8-11/h4-8H,2-3,9-10,17H2,1H3,(H,18,22)(H,19,21). The van der Waals surface area contributed by atoms with E-state index in [1.54, 1.807) is 0 Å². The van der Waals surface area contributed by atoms with Crippen LogP contribution in [-0.4, -0.2) is 22.7 Å². The second-order valence-electron chi connectivity index (χ2n) is 5.05. The van der Waals surface area contributed by atoms with Crippen LogP contribution in [0.25, 0.3) is 0 Å². The minimum absolute atomic E-state index is 0.103. The lowest BCUT2D eigenvalue weighted by atomic mass is 10.2. The molecule has 0 saturated carbocycles. The van der Waals surface area contributed by atoms with E-state index in [0.717, 1.165) is 29.9 Å². The summed E-state index contributed by atoms with van der Waals surface area (Å²) in [6.45, 7) is 3.01. The Morgan fingerprint density at radius 2 is 1.91 bits per heavy atom. The van der Waals surface area contributed by atoms with Crippen LogP contribution >= 0.6 is 11.5 Å². The number of nitrogens with one attached hydrogen (secondary N) is 2. The molecule has 0 atom stereocenters. The summed E-state index contributed by atoms with van der Waals surface area (Å²) in [7, 11) is 0. The van der Waals surface area contributed by atoms with Crippen molar-refractivity contribution >= 4 is 29.0 Å². The summed E-state index contributed by atoms with van der Waals surface area (Å²) in [4.78, 5) is 24.4. The number of unbranched alkanes of at least 4 members (excludes halogenated alkanes) is 1. The van der Waals surface area contributed by atoms with Crippen molar-refractivity contribution < 1.29 is 9.59 Å². The number of carbonyl (C=O) groups excluding carboxylic acids is 2. The van der Waals surface area contributed by atoms with Crippen LogP contribution in [0.5, 0.6) is 0 Å². The normalized spacial score (nSPS) is 10.3. The number of nitrogen functional groups attached to an aromatic ring is 1. The highest BCUT2D eigenvalue weighted by atomic mass is 32.1. The fourth-order valence-corrected chi connectivity index (χ4v) is 2.66. The second kappa shape index (κ2) is 8.28. The largest absolute Gasteiger partial charge is 0.395 e. The maximum atomic E-state index is 12.2. The van der Waals surface area contributed by atoms with Gasteiger partial charge in [0.1, 0.15) is 4.88 Å². The first-order chi connectivity index (χ1) is 11.1. The van der Waals surface area contributed by atoms with Crippen molar-refractivity contribution in [3.8, 4) is 0 Å². The fourth-order valence-electron chi connectivity index (χ4n) is 1.95. The Morgan fingerprint density at radius 1 is 1.17 bits per heavy atom. The molecule has 4 N–H and O–H groups in total. The first-order valence-electron chi connectivity index (χ1n) is 7.49. The molecular weight excluding hydrogens is 312 g/mol. The van der Waals surface area contributed by atoms with E-state index in [-0.39, 0.29) is 28.1 Å². The van der Waals surface area contributed by atoms with Crippen LogP contribution < -0.4 is 16.4 Å². The van der Waals surface area contributed by atoms with Crippen molar-refractivity contribution in [1.29, 1.82) is 0 Å². The number of nitrogens with zero attached hydrogens (tertiary/aromatic N) is 1. The third-order valence-corrected chi connectivity index (χ3v) is 4.12. The van der Waals surface area contributed by atoms with E-state index >= 15 is 0 Å². The Hall–Kier alpha value is -2.41. The average molecular weight is 332 g/mol. The molecule has 0 fully saturated rings.